The molecule has 4 atom stereocenters. The van der Waals surface area contributed by atoms with E-state index in [0.29, 0.717) is 24.5 Å². The van der Waals surface area contributed by atoms with Gasteiger partial charge in [-0.3, -0.25) is 0 Å². The molecule has 3 aliphatic heterocycles. The van der Waals surface area contributed by atoms with Gasteiger partial charge in [-0.05, 0) is 13.8 Å². The van der Waals surface area contributed by atoms with Crippen molar-refractivity contribution in [2.45, 2.75) is 50.0 Å². The first-order valence-corrected chi connectivity index (χ1v) is 7.61. The molecule has 4 heterocycles. The summed E-state index contributed by atoms with van der Waals surface area (Å²) in [5.74, 6) is 0.0914. The summed E-state index contributed by atoms with van der Waals surface area (Å²) in [6.07, 6.45) is 2.00. The zero-order valence-electron chi connectivity index (χ0n) is 12.6. The Balaban J connectivity index is 0.00000156. The van der Waals surface area contributed by atoms with Gasteiger partial charge in [-0.15, -0.1) is 11.6 Å². The molecule has 2 fully saturated rings. The van der Waals surface area contributed by atoms with Gasteiger partial charge in [0.1, 0.15) is 17.8 Å². The average molecular weight is 519 g/mol. The molecule has 4 unspecified atom stereocenters. The van der Waals surface area contributed by atoms with Crippen molar-refractivity contribution in [3.05, 3.63) is 17.8 Å². The predicted octanol–water partition coefficient (Wildman–Crippen LogP) is 2.39. The zero-order chi connectivity index (χ0) is 15.5. The van der Waals surface area contributed by atoms with Crippen LogP contribution in [-0.4, -0.2) is 40.1 Å². The molecule has 129 valence electrons. The molecule has 2 saturated heterocycles. The summed E-state index contributed by atoms with van der Waals surface area (Å²) in [6, 6.07) is 0. The first kappa shape index (κ1) is 17.1. The molecule has 0 saturated carbocycles. The molecular weight excluding hydrogens is 502 g/mol. The minimum absolute atomic E-state index is 0. The summed E-state index contributed by atoms with van der Waals surface area (Å²) in [7, 11) is 0. The smallest absolute Gasteiger partial charge is 0.163 e. The number of rotatable bonds is 1. The third-order valence-electron chi connectivity index (χ3n) is 4.01. The van der Waals surface area contributed by atoms with Crippen LogP contribution in [0.1, 0.15) is 37.7 Å². The number of halogens is 1. The van der Waals surface area contributed by atoms with Crippen LogP contribution in [0.25, 0.3) is 5.73 Å². The van der Waals surface area contributed by atoms with E-state index in [2.05, 4.69) is 15.3 Å². The Morgan fingerprint density at radius 2 is 2.13 bits per heavy atom. The number of hydrogen-bond acceptors (Lipinski definition) is 6. The van der Waals surface area contributed by atoms with Crippen LogP contribution < -0.4 is 5.32 Å². The third-order valence-corrected chi connectivity index (χ3v) is 4.31. The molecule has 23 heavy (non-hydrogen) atoms. The Morgan fingerprint density at radius 1 is 1.39 bits per heavy atom. The fraction of sp³-hybridized carbons (Fsp3) is 0.692. The molecule has 4 rings (SSSR count). The van der Waals surface area contributed by atoms with E-state index in [1.165, 1.54) is 0 Å². The van der Waals surface area contributed by atoms with Crippen LogP contribution in [0.3, 0.4) is 0 Å². The molecule has 1 aromatic heterocycles. The van der Waals surface area contributed by atoms with Crippen molar-refractivity contribution in [2.24, 2.45) is 4.99 Å². The quantitative estimate of drug-likeness (QED) is 0.455. The van der Waals surface area contributed by atoms with Gasteiger partial charge in [-0.25, -0.2) is 4.98 Å². The standard InChI is InChI=1S/C13H17ClN5O3.Ir/c1-13(2)21-6-3-8(20-4-7(6)22-13)19-5-16-9-10(14)17-12(15)18-11(9)19;/h5-8,10H,3-4H2,1-2H3,(H2-,15,17,18);/q-1;. The van der Waals surface area contributed by atoms with Crippen LogP contribution in [0, 0.1) is 0 Å². The first-order chi connectivity index (χ1) is 10.4. The van der Waals surface area contributed by atoms with Crippen molar-refractivity contribution in [2.75, 3.05) is 11.9 Å². The number of ether oxygens (including phenoxy) is 3. The van der Waals surface area contributed by atoms with E-state index in [0.717, 1.165) is 0 Å². The molecule has 10 heteroatoms. The molecule has 0 aliphatic carbocycles. The molecule has 3 aliphatic rings. The van der Waals surface area contributed by atoms with Crippen LogP contribution in [0.2, 0.25) is 0 Å². The molecule has 2 N–H and O–H groups in total. The van der Waals surface area contributed by atoms with Crippen molar-refractivity contribution >= 4 is 23.4 Å². The summed E-state index contributed by atoms with van der Waals surface area (Å²) in [5, 5.41) is 2.89. The van der Waals surface area contributed by atoms with Crippen LogP contribution in [0.5, 0.6) is 0 Å². The van der Waals surface area contributed by atoms with Gasteiger partial charge in [0.2, 0.25) is 0 Å². The summed E-state index contributed by atoms with van der Waals surface area (Å²) in [6.45, 7) is 4.27. The van der Waals surface area contributed by atoms with Crippen LogP contribution in [-0.2, 0) is 34.3 Å². The van der Waals surface area contributed by atoms with E-state index >= 15 is 0 Å². The SMILES string of the molecule is CC1(C)OC2COC(n3cnc4c3NC([NH-])=NC4Cl)CC2O1.[Ir]. The van der Waals surface area contributed by atoms with Crippen molar-refractivity contribution in [3.8, 4) is 0 Å². The molecule has 0 spiro atoms. The van der Waals surface area contributed by atoms with Gasteiger partial charge in [-0.2, -0.15) is 0 Å². The van der Waals surface area contributed by atoms with Crippen LogP contribution in [0.15, 0.2) is 11.3 Å². The Hall–Kier alpha value is -0.701. The fourth-order valence-electron chi connectivity index (χ4n) is 3.13. The van der Waals surface area contributed by atoms with Crippen molar-refractivity contribution < 1.29 is 34.3 Å². The second kappa shape index (κ2) is 5.98. The second-order valence-corrected chi connectivity index (χ2v) is 6.47. The molecular formula is C13H17ClIrN5O3-. The second-order valence-electron chi connectivity index (χ2n) is 6.06. The van der Waals surface area contributed by atoms with Gasteiger partial charge in [0.05, 0.1) is 30.5 Å². The minimum atomic E-state index is -0.647. The molecule has 0 amide bonds. The molecule has 1 aromatic rings. The third kappa shape index (κ3) is 3.01. The Kier molecular flexibility index (Phi) is 4.46. The number of aromatic nitrogens is 2. The molecule has 0 bridgehead atoms. The van der Waals surface area contributed by atoms with E-state index < -0.39 is 11.3 Å². The number of hydrogen-bond donors (Lipinski definition) is 1. The monoisotopic (exact) mass is 519 g/mol. The number of guanidine groups is 1. The van der Waals surface area contributed by atoms with Crippen LogP contribution >= 0.6 is 11.6 Å². The largest absolute Gasteiger partial charge is 0.411 e. The Morgan fingerprint density at radius 3 is 2.91 bits per heavy atom. The van der Waals surface area contributed by atoms with Gasteiger partial charge < -0.3 is 34.8 Å². The van der Waals surface area contributed by atoms with E-state index in [1.54, 1.807) is 6.33 Å². The van der Waals surface area contributed by atoms with E-state index in [4.69, 9.17) is 31.5 Å². The van der Waals surface area contributed by atoms with Crippen molar-refractivity contribution in [1.82, 2.24) is 9.55 Å². The predicted molar refractivity (Wildman–Crippen MR) is 79.6 cm³/mol. The van der Waals surface area contributed by atoms with Crippen LogP contribution in [0.4, 0.5) is 5.82 Å². The Labute approximate surface area is 152 Å². The maximum Gasteiger partial charge on any atom is 0.163 e. The van der Waals surface area contributed by atoms with Gasteiger partial charge in [-0.1, -0.05) is 0 Å². The summed E-state index contributed by atoms with van der Waals surface area (Å²) >= 11 is 6.11. The van der Waals surface area contributed by atoms with E-state index in [-0.39, 0.29) is 44.5 Å². The maximum absolute atomic E-state index is 7.68. The minimum Gasteiger partial charge on any atom is -0.411 e. The molecule has 8 nitrogen and oxygen atoms in total. The topological polar surface area (TPSA) is 93.7 Å². The van der Waals surface area contributed by atoms with Crippen molar-refractivity contribution in [1.29, 1.82) is 0 Å². The maximum atomic E-state index is 7.68. The number of nitrogens with one attached hydrogen (secondary N) is 2. The summed E-state index contributed by atoms with van der Waals surface area (Å²) in [4.78, 5) is 8.22. The van der Waals surface area contributed by atoms with Gasteiger partial charge in [0, 0.05) is 32.5 Å². The molecule has 1 radical (unpaired) electrons. The number of aliphatic imine (C=N–C) groups is 1. The number of fused-ring (bicyclic) bond motifs is 2. The zero-order valence-corrected chi connectivity index (χ0v) is 15.7. The Bertz CT molecular complexity index is 637. The first-order valence-electron chi connectivity index (χ1n) is 7.17. The number of imidazole rings is 1. The average Bonchev–Trinajstić information content (AvgIpc) is 2.96. The number of alkyl halides is 1. The summed E-state index contributed by atoms with van der Waals surface area (Å²) < 4.78 is 19.5. The normalized spacial score (nSPS) is 34.7. The van der Waals surface area contributed by atoms with E-state index in [9.17, 15) is 0 Å². The van der Waals surface area contributed by atoms with Gasteiger partial charge in [0.25, 0.3) is 0 Å². The molecule has 0 aromatic carbocycles. The van der Waals surface area contributed by atoms with E-state index in [1.807, 2.05) is 18.4 Å². The number of nitrogens with zero attached hydrogens (tertiary/aromatic N) is 3. The fourth-order valence-corrected chi connectivity index (χ4v) is 3.39. The summed E-state index contributed by atoms with van der Waals surface area (Å²) in [5.41, 5.74) is 7.64. The van der Waals surface area contributed by atoms with Gasteiger partial charge in [0.15, 0.2) is 5.79 Å². The number of anilines is 1. The van der Waals surface area contributed by atoms with Gasteiger partial charge >= 0.3 is 0 Å². The van der Waals surface area contributed by atoms with Crippen molar-refractivity contribution in [3.63, 3.8) is 0 Å².